The number of nitrogens with zero attached hydrogens (tertiary/aromatic N) is 1. The summed E-state index contributed by atoms with van der Waals surface area (Å²) >= 11 is 0. The lowest BCUT2D eigenvalue weighted by Crippen LogP contribution is -2.40. The van der Waals surface area contributed by atoms with Crippen LogP contribution in [0.5, 0.6) is 0 Å². The van der Waals surface area contributed by atoms with Gasteiger partial charge in [-0.1, -0.05) is 25.7 Å². The highest BCUT2D eigenvalue weighted by atomic mass is 15.1. The fourth-order valence-electron chi connectivity index (χ4n) is 3.98. The van der Waals surface area contributed by atoms with Crippen molar-refractivity contribution < 1.29 is 0 Å². The highest BCUT2D eigenvalue weighted by Crippen LogP contribution is 2.30. The van der Waals surface area contributed by atoms with Crippen molar-refractivity contribution in [2.75, 3.05) is 32.7 Å². The van der Waals surface area contributed by atoms with Gasteiger partial charge in [0.05, 0.1) is 0 Å². The summed E-state index contributed by atoms with van der Waals surface area (Å²) in [7, 11) is 0. The molecule has 2 heteroatoms. The van der Waals surface area contributed by atoms with Crippen LogP contribution in [0.2, 0.25) is 0 Å². The maximum atomic E-state index is 3.56. The number of piperidine rings is 1. The Balaban J connectivity index is 1.42. The number of fused-ring (bicyclic) bond motifs is 1. The molecule has 3 fully saturated rings. The molecule has 0 radical (unpaired) electrons. The molecule has 2 atom stereocenters. The van der Waals surface area contributed by atoms with Gasteiger partial charge >= 0.3 is 0 Å². The van der Waals surface area contributed by atoms with Crippen LogP contribution in [0.3, 0.4) is 0 Å². The second-order valence-corrected chi connectivity index (χ2v) is 6.21. The van der Waals surface area contributed by atoms with Crippen LogP contribution in [-0.4, -0.2) is 37.6 Å². The maximum Gasteiger partial charge on any atom is 0.00249 e. The van der Waals surface area contributed by atoms with Crippen molar-refractivity contribution in [3.05, 3.63) is 0 Å². The first kappa shape index (κ1) is 11.0. The highest BCUT2D eigenvalue weighted by molar-refractivity contribution is 4.88. The van der Waals surface area contributed by atoms with E-state index in [1.54, 1.807) is 0 Å². The molecule has 2 heterocycles. The van der Waals surface area contributed by atoms with E-state index in [2.05, 4.69) is 10.2 Å². The largest absolute Gasteiger partial charge is 0.316 e. The molecule has 0 aromatic rings. The second kappa shape index (κ2) is 5.05. The van der Waals surface area contributed by atoms with Gasteiger partial charge < -0.3 is 10.2 Å². The van der Waals surface area contributed by atoms with Crippen molar-refractivity contribution in [2.45, 2.75) is 38.5 Å². The van der Waals surface area contributed by atoms with E-state index in [1.807, 2.05) is 0 Å². The van der Waals surface area contributed by atoms with Crippen molar-refractivity contribution >= 4 is 0 Å². The SMILES string of the molecule is C1CCC(CCN2CCC3CNCC3C2)C1. The van der Waals surface area contributed by atoms with Crippen LogP contribution in [-0.2, 0) is 0 Å². The lowest BCUT2D eigenvalue weighted by Gasteiger charge is -2.34. The predicted molar refractivity (Wildman–Crippen MR) is 67.5 cm³/mol. The molecule has 0 bridgehead atoms. The molecule has 0 spiro atoms. The van der Waals surface area contributed by atoms with Crippen LogP contribution >= 0.6 is 0 Å². The third-order valence-electron chi connectivity index (χ3n) is 5.12. The van der Waals surface area contributed by atoms with E-state index in [-0.39, 0.29) is 0 Å². The third kappa shape index (κ3) is 2.43. The van der Waals surface area contributed by atoms with E-state index in [9.17, 15) is 0 Å². The maximum absolute atomic E-state index is 3.56. The molecular weight excluding hydrogens is 196 g/mol. The van der Waals surface area contributed by atoms with Gasteiger partial charge in [-0.2, -0.15) is 0 Å². The zero-order valence-electron chi connectivity index (χ0n) is 10.5. The third-order valence-corrected chi connectivity index (χ3v) is 5.12. The number of likely N-dealkylation sites (tertiary alicyclic amines) is 1. The molecule has 2 saturated heterocycles. The smallest absolute Gasteiger partial charge is 0.00249 e. The summed E-state index contributed by atoms with van der Waals surface area (Å²) in [5.74, 6) is 3.04. The average molecular weight is 222 g/mol. The minimum atomic E-state index is 0.970. The molecule has 0 aromatic heterocycles. The zero-order valence-corrected chi connectivity index (χ0v) is 10.5. The quantitative estimate of drug-likeness (QED) is 0.787. The van der Waals surface area contributed by atoms with E-state index in [1.165, 1.54) is 71.2 Å². The Morgan fingerprint density at radius 3 is 2.69 bits per heavy atom. The van der Waals surface area contributed by atoms with Gasteiger partial charge in [0, 0.05) is 6.54 Å². The molecule has 92 valence electrons. The Morgan fingerprint density at radius 2 is 1.81 bits per heavy atom. The molecular formula is C14H26N2. The van der Waals surface area contributed by atoms with Gasteiger partial charge in [-0.05, 0) is 56.8 Å². The Labute approximate surface area is 99.8 Å². The summed E-state index contributed by atoms with van der Waals surface area (Å²) in [5, 5.41) is 3.56. The molecule has 1 N–H and O–H groups in total. The molecule has 2 aliphatic heterocycles. The number of rotatable bonds is 3. The van der Waals surface area contributed by atoms with Crippen LogP contribution in [0.1, 0.15) is 38.5 Å². The molecule has 16 heavy (non-hydrogen) atoms. The Bertz CT molecular complexity index is 223. The minimum Gasteiger partial charge on any atom is -0.316 e. The van der Waals surface area contributed by atoms with Gasteiger partial charge in [-0.3, -0.25) is 0 Å². The highest BCUT2D eigenvalue weighted by Gasteiger charge is 2.32. The van der Waals surface area contributed by atoms with Gasteiger partial charge in [0.2, 0.25) is 0 Å². The first-order valence-electron chi connectivity index (χ1n) is 7.35. The number of hydrogen-bond donors (Lipinski definition) is 1. The standard InChI is InChI=1S/C14H26N2/c1-2-4-12(3-1)5-7-16-8-6-13-9-15-10-14(13)11-16/h12-15H,1-11H2. The Hall–Kier alpha value is -0.0800. The van der Waals surface area contributed by atoms with Gasteiger partial charge in [0.15, 0.2) is 0 Å². The molecule has 3 rings (SSSR count). The fraction of sp³-hybridized carbons (Fsp3) is 1.00. The first-order valence-corrected chi connectivity index (χ1v) is 7.35. The minimum absolute atomic E-state index is 0.970. The summed E-state index contributed by atoms with van der Waals surface area (Å²) < 4.78 is 0. The zero-order chi connectivity index (χ0) is 10.8. The summed E-state index contributed by atoms with van der Waals surface area (Å²) in [6, 6.07) is 0. The molecule has 2 unspecified atom stereocenters. The second-order valence-electron chi connectivity index (χ2n) is 6.21. The van der Waals surface area contributed by atoms with Crippen LogP contribution < -0.4 is 5.32 Å². The van der Waals surface area contributed by atoms with E-state index >= 15 is 0 Å². The first-order chi connectivity index (χ1) is 7.92. The molecule has 3 aliphatic rings. The van der Waals surface area contributed by atoms with Crippen LogP contribution in [0.15, 0.2) is 0 Å². The fourth-order valence-corrected chi connectivity index (χ4v) is 3.98. The summed E-state index contributed by atoms with van der Waals surface area (Å²) in [6.45, 7) is 6.71. The van der Waals surface area contributed by atoms with Gasteiger partial charge in [0.1, 0.15) is 0 Å². The van der Waals surface area contributed by atoms with E-state index in [0.717, 1.165) is 17.8 Å². The lowest BCUT2D eigenvalue weighted by molar-refractivity contribution is 0.141. The van der Waals surface area contributed by atoms with Gasteiger partial charge in [-0.15, -0.1) is 0 Å². The average Bonchev–Trinajstić information content (AvgIpc) is 2.97. The van der Waals surface area contributed by atoms with Crippen molar-refractivity contribution in [3.63, 3.8) is 0 Å². The van der Waals surface area contributed by atoms with Crippen LogP contribution in [0.25, 0.3) is 0 Å². The summed E-state index contributed by atoms with van der Waals surface area (Å²) in [6.07, 6.45) is 8.95. The monoisotopic (exact) mass is 222 g/mol. The Kier molecular flexibility index (Phi) is 3.49. The number of hydrogen-bond acceptors (Lipinski definition) is 2. The van der Waals surface area contributed by atoms with Gasteiger partial charge in [-0.25, -0.2) is 0 Å². The summed E-state index contributed by atoms with van der Waals surface area (Å²) in [5.41, 5.74) is 0. The van der Waals surface area contributed by atoms with Crippen molar-refractivity contribution in [3.8, 4) is 0 Å². The molecule has 0 aromatic carbocycles. The van der Waals surface area contributed by atoms with Crippen molar-refractivity contribution in [2.24, 2.45) is 17.8 Å². The molecule has 2 nitrogen and oxygen atoms in total. The lowest BCUT2D eigenvalue weighted by atomic mass is 9.88. The normalized spacial score (nSPS) is 36.8. The Morgan fingerprint density at radius 1 is 1.00 bits per heavy atom. The summed E-state index contributed by atoms with van der Waals surface area (Å²) in [4.78, 5) is 2.74. The van der Waals surface area contributed by atoms with Crippen LogP contribution in [0.4, 0.5) is 0 Å². The van der Waals surface area contributed by atoms with Gasteiger partial charge in [0.25, 0.3) is 0 Å². The van der Waals surface area contributed by atoms with E-state index in [0.29, 0.717) is 0 Å². The molecule has 0 amide bonds. The molecule has 1 saturated carbocycles. The molecule has 1 aliphatic carbocycles. The number of nitrogens with one attached hydrogen (secondary N) is 1. The van der Waals surface area contributed by atoms with Crippen molar-refractivity contribution in [1.82, 2.24) is 10.2 Å². The van der Waals surface area contributed by atoms with E-state index < -0.39 is 0 Å². The van der Waals surface area contributed by atoms with Crippen molar-refractivity contribution in [1.29, 1.82) is 0 Å². The van der Waals surface area contributed by atoms with E-state index in [4.69, 9.17) is 0 Å². The van der Waals surface area contributed by atoms with Crippen LogP contribution in [0, 0.1) is 17.8 Å². The topological polar surface area (TPSA) is 15.3 Å². The predicted octanol–water partition coefficient (Wildman–Crippen LogP) is 2.11.